The third-order valence-corrected chi connectivity index (χ3v) is 5.27. The highest BCUT2D eigenvalue weighted by Gasteiger charge is 2.06. The molecule has 1 heterocycles. The number of allylic oxidation sites excluding steroid dienone is 1. The lowest BCUT2D eigenvalue weighted by Crippen LogP contribution is -1.93. The van der Waals surface area contributed by atoms with Crippen LogP contribution in [0.5, 0.6) is 5.75 Å². The van der Waals surface area contributed by atoms with Crippen LogP contribution in [0.25, 0.3) is 16.6 Å². The van der Waals surface area contributed by atoms with E-state index in [0.717, 1.165) is 26.9 Å². The summed E-state index contributed by atoms with van der Waals surface area (Å²) in [7, 11) is 1.65. The van der Waals surface area contributed by atoms with Crippen LogP contribution < -0.4 is 4.74 Å². The first-order valence-electron chi connectivity index (χ1n) is 7.66. The van der Waals surface area contributed by atoms with Gasteiger partial charge in [0.2, 0.25) is 0 Å². The standard InChI is InChI=1S/C20H17NO2S2/c1-23-17-5-3-4-15(12-17)20-21-16(13-25-20)8-11-19(22)14-6-9-18(24-2)10-7-14/h3-13H,1-2H3/b11-8+. The van der Waals surface area contributed by atoms with E-state index in [9.17, 15) is 4.79 Å². The van der Waals surface area contributed by atoms with Crippen LogP contribution >= 0.6 is 23.1 Å². The lowest BCUT2D eigenvalue weighted by Gasteiger charge is -2.00. The van der Waals surface area contributed by atoms with E-state index >= 15 is 0 Å². The Morgan fingerprint density at radius 3 is 2.72 bits per heavy atom. The topological polar surface area (TPSA) is 39.2 Å². The Labute approximate surface area is 155 Å². The molecule has 3 nitrogen and oxygen atoms in total. The van der Waals surface area contributed by atoms with Crippen molar-refractivity contribution in [2.75, 3.05) is 13.4 Å². The first kappa shape index (κ1) is 17.5. The number of ether oxygens (including phenoxy) is 1. The average molecular weight is 367 g/mol. The minimum absolute atomic E-state index is 0.0245. The van der Waals surface area contributed by atoms with E-state index in [-0.39, 0.29) is 5.78 Å². The molecule has 0 aliphatic carbocycles. The van der Waals surface area contributed by atoms with Gasteiger partial charge in [-0.05, 0) is 54.8 Å². The normalized spacial score (nSPS) is 11.0. The molecule has 0 spiro atoms. The average Bonchev–Trinajstić information content (AvgIpc) is 3.15. The molecule has 3 aromatic rings. The number of thiazole rings is 1. The molecule has 0 fully saturated rings. The van der Waals surface area contributed by atoms with E-state index in [1.807, 2.05) is 60.2 Å². The van der Waals surface area contributed by atoms with Crippen LogP contribution in [0.1, 0.15) is 16.1 Å². The fourth-order valence-corrected chi connectivity index (χ4v) is 3.46. The van der Waals surface area contributed by atoms with Gasteiger partial charge >= 0.3 is 0 Å². The van der Waals surface area contributed by atoms with Crippen molar-refractivity contribution in [2.45, 2.75) is 4.90 Å². The number of benzene rings is 2. The number of thioether (sulfide) groups is 1. The molecule has 5 heteroatoms. The molecule has 0 bridgehead atoms. The number of carbonyl (C=O) groups excluding carboxylic acids is 1. The van der Waals surface area contributed by atoms with E-state index in [0.29, 0.717) is 5.56 Å². The summed E-state index contributed by atoms with van der Waals surface area (Å²) in [4.78, 5) is 18.0. The summed E-state index contributed by atoms with van der Waals surface area (Å²) < 4.78 is 5.24. The van der Waals surface area contributed by atoms with Gasteiger partial charge in [-0.15, -0.1) is 23.1 Å². The molecule has 126 valence electrons. The van der Waals surface area contributed by atoms with Crippen LogP contribution in [0.4, 0.5) is 0 Å². The predicted molar refractivity (Wildman–Crippen MR) is 106 cm³/mol. The highest BCUT2D eigenvalue weighted by atomic mass is 32.2. The fraction of sp³-hybridized carbons (Fsp3) is 0.100. The fourth-order valence-electron chi connectivity index (χ4n) is 2.26. The highest BCUT2D eigenvalue weighted by molar-refractivity contribution is 7.98. The van der Waals surface area contributed by atoms with Crippen molar-refractivity contribution >= 4 is 35.0 Å². The van der Waals surface area contributed by atoms with Crippen molar-refractivity contribution in [1.82, 2.24) is 4.98 Å². The number of aromatic nitrogens is 1. The molecule has 0 radical (unpaired) electrons. The maximum atomic E-state index is 12.2. The smallest absolute Gasteiger partial charge is 0.185 e. The van der Waals surface area contributed by atoms with Gasteiger partial charge in [-0.2, -0.15) is 0 Å². The number of carbonyl (C=O) groups is 1. The van der Waals surface area contributed by atoms with Gasteiger partial charge in [0.15, 0.2) is 5.78 Å². The third kappa shape index (κ3) is 4.38. The van der Waals surface area contributed by atoms with Crippen molar-refractivity contribution in [2.24, 2.45) is 0 Å². The van der Waals surface area contributed by atoms with E-state index in [1.165, 1.54) is 0 Å². The molecule has 0 aliphatic heterocycles. The Morgan fingerprint density at radius 2 is 2.00 bits per heavy atom. The molecule has 0 amide bonds. The first-order chi connectivity index (χ1) is 12.2. The van der Waals surface area contributed by atoms with Crippen LogP contribution in [0, 0.1) is 0 Å². The van der Waals surface area contributed by atoms with Gasteiger partial charge in [0.1, 0.15) is 10.8 Å². The lowest BCUT2D eigenvalue weighted by atomic mass is 10.1. The Hall–Kier alpha value is -2.37. The SMILES string of the molecule is COc1cccc(-c2nc(/C=C/C(=O)c3ccc(SC)cc3)cs2)c1. The summed E-state index contributed by atoms with van der Waals surface area (Å²) in [6.07, 6.45) is 5.34. The minimum atomic E-state index is -0.0245. The second-order valence-corrected chi connectivity index (χ2v) is 6.97. The van der Waals surface area contributed by atoms with E-state index < -0.39 is 0 Å². The number of hydrogen-bond acceptors (Lipinski definition) is 5. The summed E-state index contributed by atoms with van der Waals surface area (Å²) >= 11 is 3.20. The molecule has 0 saturated carbocycles. The summed E-state index contributed by atoms with van der Waals surface area (Å²) in [5, 5.41) is 2.84. The lowest BCUT2D eigenvalue weighted by molar-refractivity contribution is 0.104. The summed E-state index contributed by atoms with van der Waals surface area (Å²) in [5.74, 6) is 0.775. The monoisotopic (exact) mass is 367 g/mol. The van der Waals surface area contributed by atoms with Gasteiger partial charge in [0.05, 0.1) is 12.8 Å². The number of nitrogens with zero attached hydrogens (tertiary/aromatic N) is 1. The molecular weight excluding hydrogens is 350 g/mol. The molecule has 3 rings (SSSR count). The second-order valence-electron chi connectivity index (χ2n) is 5.24. The van der Waals surface area contributed by atoms with Gasteiger partial charge in [-0.25, -0.2) is 4.98 Å². The maximum absolute atomic E-state index is 12.2. The number of hydrogen-bond donors (Lipinski definition) is 0. The van der Waals surface area contributed by atoms with Gasteiger partial charge in [0.25, 0.3) is 0 Å². The summed E-state index contributed by atoms with van der Waals surface area (Å²) in [6.45, 7) is 0. The van der Waals surface area contributed by atoms with Crippen LogP contribution in [0.15, 0.2) is 64.9 Å². The Bertz CT molecular complexity index is 898. The highest BCUT2D eigenvalue weighted by Crippen LogP contribution is 2.27. The van der Waals surface area contributed by atoms with Gasteiger partial charge in [0, 0.05) is 21.4 Å². The van der Waals surface area contributed by atoms with Crippen LogP contribution in [-0.2, 0) is 0 Å². The molecule has 25 heavy (non-hydrogen) atoms. The minimum Gasteiger partial charge on any atom is -0.497 e. The molecule has 1 aromatic heterocycles. The predicted octanol–water partition coefficient (Wildman–Crippen LogP) is 5.44. The van der Waals surface area contributed by atoms with Crippen molar-refractivity contribution in [3.8, 4) is 16.3 Å². The number of methoxy groups -OCH3 is 1. The summed E-state index contributed by atoms with van der Waals surface area (Å²) in [5.41, 5.74) is 2.46. The molecule has 0 atom stereocenters. The van der Waals surface area contributed by atoms with Crippen molar-refractivity contribution in [3.05, 3.63) is 71.2 Å². The Balaban J connectivity index is 1.73. The molecule has 2 aromatic carbocycles. The first-order valence-corrected chi connectivity index (χ1v) is 9.76. The van der Waals surface area contributed by atoms with Gasteiger partial charge < -0.3 is 4.74 Å². The molecule has 0 aliphatic rings. The zero-order valence-corrected chi connectivity index (χ0v) is 15.6. The number of rotatable bonds is 6. The van der Waals surface area contributed by atoms with E-state index in [1.54, 1.807) is 42.4 Å². The zero-order valence-electron chi connectivity index (χ0n) is 13.9. The maximum Gasteiger partial charge on any atom is 0.185 e. The van der Waals surface area contributed by atoms with Crippen molar-refractivity contribution in [1.29, 1.82) is 0 Å². The van der Waals surface area contributed by atoms with Gasteiger partial charge in [-0.3, -0.25) is 4.79 Å². The Morgan fingerprint density at radius 1 is 1.20 bits per heavy atom. The molecular formula is C20H17NO2S2. The summed E-state index contributed by atoms with van der Waals surface area (Å²) in [6, 6.07) is 15.4. The number of ketones is 1. The van der Waals surface area contributed by atoms with Crippen LogP contribution in [-0.4, -0.2) is 24.1 Å². The van der Waals surface area contributed by atoms with Gasteiger partial charge in [-0.1, -0.05) is 12.1 Å². The molecule has 0 unspecified atom stereocenters. The second kappa shape index (κ2) is 8.14. The molecule has 0 N–H and O–H groups in total. The quantitative estimate of drug-likeness (QED) is 0.330. The van der Waals surface area contributed by atoms with Crippen LogP contribution in [0.3, 0.4) is 0 Å². The Kier molecular flexibility index (Phi) is 5.68. The van der Waals surface area contributed by atoms with Crippen molar-refractivity contribution < 1.29 is 9.53 Å². The zero-order chi connectivity index (χ0) is 17.6. The molecule has 0 saturated heterocycles. The largest absolute Gasteiger partial charge is 0.497 e. The van der Waals surface area contributed by atoms with E-state index in [2.05, 4.69) is 4.98 Å². The van der Waals surface area contributed by atoms with Crippen LogP contribution in [0.2, 0.25) is 0 Å². The van der Waals surface area contributed by atoms with Crippen molar-refractivity contribution in [3.63, 3.8) is 0 Å². The third-order valence-electron chi connectivity index (χ3n) is 3.62. The van der Waals surface area contributed by atoms with E-state index in [4.69, 9.17) is 4.74 Å².